The molecule has 8 heteroatoms. The molecule has 0 aliphatic carbocycles. The Balaban J connectivity index is 4.22. The quantitative estimate of drug-likeness (QED) is 0.0215. The molecule has 2 unspecified atom stereocenters. The number of aliphatic carboxylic acids is 1. The number of quaternary nitrogens is 1. The molecule has 1 N–H and O–H groups in total. The number of carboxylic acid groups (broad SMARTS) is 1. The second kappa shape index (κ2) is 42.5. The second-order valence-electron chi connectivity index (χ2n) is 17.0. The van der Waals surface area contributed by atoms with E-state index in [2.05, 4.69) is 80.7 Å². The van der Waals surface area contributed by atoms with E-state index in [9.17, 15) is 19.5 Å². The molecule has 0 rings (SSSR count). The molecule has 0 fully saturated rings. The van der Waals surface area contributed by atoms with Crippen LogP contribution >= 0.6 is 0 Å². The third kappa shape index (κ3) is 40.2. The van der Waals surface area contributed by atoms with Crippen molar-refractivity contribution in [2.75, 3.05) is 41.0 Å². The van der Waals surface area contributed by atoms with Crippen LogP contribution < -0.4 is 0 Å². The number of hydrogen-bond donors (Lipinski definition) is 1. The van der Waals surface area contributed by atoms with Gasteiger partial charge in [0.1, 0.15) is 6.61 Å². The van der Waals surface area contributed by atoms with Gasteiger partial charge in [-0.2, -0.15) is 0 Å². The Morgan fingerprint density at radius 3 is 1.48 bits per heavy atom. The molecule has 0 aliphatic rings. The highest BCUT2D eigenvalue weighted by Gasteiger charge is 2.31. The van der Waals surface area contributed by atoms with Gasteiger partial charge in [0.25, 0.3) is 0 Å². The largest absolute Gasteiger partial charge is 0.477 e. The van der Waals surface area contributed by atoms with Crippen molar-refractivity contribution in [3.05, 3.63) is 72.9 Å². The zero-order chi connectivity index (χ0) is 44.2. The van der Waals surface area contributed by atoms with Crippen molar-refractivity contribution >= 4 is 17.9 Å². The van der Waals surface area contributed by atoms with Gasteiger partial charge in [-0.25, -0.2) is 4.79 Å². The Kier molecular flexibility index (Phi) is 40.2. The number of allylic oxidation sites excluding steroid dienone is 12. The lowest BCUT2D eigenvalue weighted by Gasteiger charge is -2.31. The molecule has 60 heavy (non-hydrogen) atoms. The molecule has 0 saturated heterocycles. The van der Waals surface area contributed by atoms with Gasteiger partial charge in [-0.15, -0.1) is 0 Å². The fraction of sp³-hybridized carbons (Fsp3) is 0.712. The number of likely N-dealkylation sites (N-methyl/N-ethyl adjacent to an activating group) is 1. The summed E-state index contributed by atoms with van der Waals surface area (Å²) in [5.41, 5.74) is 0. The number of carboxylic acids is 1. The van der Waals surface area contributed by atoms with Crippen molar-refractivity contribution in [1.29, 1.82) is 0 Å². The average molecular weight is 841 g/mol. The number of unbranched alkanes of at least 4 members (excludes halogenated alkanes) is 18. The van der Waals surface area contributed by atoms with Crippen molar-refractivity contribution in [1.82, 2.24) is 0 Å². The lowest BCUT2D eigenvalue weighted by atomic mass is 10.0. The minimum absolute atomic E-state index is 0.0499. The van der Waals surface area contributed by atoms with Crippen molar-refractivity contribution < 1.29 is 38.2 Å². The van der Waals surface area contributed by atoms with E-state index in [4.69, 9.17) is 14.2 Å². The smallest absolute Gasteiger partial charge is 0.362 e. The normalized spacial score (nSPS) is 13.6. The first kappa shape index (κ1) is 56.8. The lowest BCUT2D eigenvalue weighted by molar-refractivity contribution is -0.887. The number of esters is 2. The lowest BCUT2D eigenvalue weighted by Crippen LogP contribution is -2.50. The van der Waals surface area contributed by atoms with Crippen molar-refractivity contribution in [3.63, 3.8) is 0 Å². The summed E-state index contributed by atoms with van der Waals surface area (Å²) in [6, 6.07) is -0.621. The van der Waals surface area contributed by atoms with E-state index in [1.165, 1.54) is 70.6 Å². The van der Waals surface area contributed by atoms with Gasteiger partial charge < -0.3 is 23.8 Å². The van der Waals surface area contributed by atoms with Crippen LogP contribution in [0.4, 0.5) is 0 Å². The van der Waals surface area contributed by atoms with Gasteiger partial charge >= 0.3 is 17.9 Å². The Bertz CT molecular complexity index is 1210. The standard InChI is InChI=1S/C52H89NO7/c1-6-8-10-12-14-16-18-20-21-22-23-24-25-26-27-28-29-31-32-34-36-38-40-42-50(54)59-47-48(46-58-45-44-49(52(56)57)53(3,4)5)60-51(55)43-41-39-37-35-33-30-19-17-15-13-11-9-7-2/h8-11,13-17,19-21,48-49H,6-7,12,18,22-47H2,1-5H3/p+1/b10-8+,11-9+,15-13+,16-14+,19-17+,21-20+. The number of carbonyl (C=O) groups excluding carboxylic acids is 2. The first-order chi connectivity index (χ1) is 29.1. The van der Waals surface area contributed by atoms with Crippen LogP contribution in [0.1, 0.15) is 187 Å². The SMILES string of the molecule is CC/C=C/C=C/C=C/CCCCCCCC(=O)OC(COCCC(C(=O)O)[N+](C)(C)C)COC(=O)CCCCCCCCCCCCCCC/C=C/C/C=C/C/C=C/CC. The van der Waals surface area contributed by atoms with Crippen molar-refractivity contribution in [2.45, 2.75) is 199 Å². The molecule has 0 aromatic carbocycles. The summed E-state index contributed by atoms with van der Waals surface area (Å²) in [7, 11) is 5.52. The first-order valence-corrected chi connectivity index (χ1v) is 24.0. The van der Waals surface area contributed by atoms with Crippen LogP contribution in [0.2, 0.25) is 0 Å². The highest BCUT2D eigenvalue weighted by atomic mass is 16.6. The minimum Gasteiger partial charge on any atom is -0.477 e. The van der Waals surface area contributed by atoms with Crippen LogP contribution in [0.5, 0.6) is 0 Å². The molecule has 0 aromatic heterocycles. The maximum atomic E-state index is 12.7. The van der Waals surface area contributed by atoms with Crippen LogP contribution in [-0.2, 0) is 28.6 Å². The molecule has 0 spiro atoms. The van der Waals surface area contributed by atoms with Gasteiger partial charge in [-0.05, 0) is 64.2 Å². The monoisotopic (exact) mass is 841 g/mol. The van der Waals surface area contributed by atoms with Gasteiger partial charge in [0.2, 0.25) is 0 Å². The van der Waals surface area contributed by atoms with Gasteiger partial charge in [0.15, 0.2) is 12.1 Å². The molecular weight excluding hydrogens is 751 g/mol. The van der Waals surface area contributed by atoms with E-state index in [0.717, 1.165) is 83.5 Å². The van der Waals surface area contributed by atoms with Crippen LogP contribution in [0, 0.1) is 0 Å². The summed E-state index contributed by atoms with van der Waals surface area (Å²) < 4.78 is 17.3. The molecular formula is C52H90NO7+. The number of ether oxygens (including phenoxy) is 3. The third-order valence-corrected chi connectivity index (χ3v) is 10.4. The maximum Gasteiger partial charge on any atom is 0.362 e. The van der Waals surface area contributed by atoms with E-state index < -0.39 is 18.1 Å². The number of nitrogens with zero attached hydrogens (tertiary/aromatic N) is 1. The predicted octanol–water partition coefficient (Wildman–Crippen LogP) is 13.5. The van der Waals surface area contributed by atoms with Crippen LogP contribution in [0.15, 0.2) is 72.9 Å². The predicted molar refractivity (Wildman–Crippen MR) is 252 cm³/mol. The fourth-order valence-corrected chi connectivity index (χ4v) is 6.75. The van der Waals surface area contributed by atoms with E-state index in [1.807, 2.05) is 27.2 Å². The summed E-state index contributed by atoms with van der Waals surface area (Å²) >= 11 is 0. The Labute approximate surface area is 368 Å². The molecule has 0 saturated carbocycles. The number of carbonyl (C=O) groups is 3. The summed E-state index contributed by atoms with van der Waals surface area (Å²) in [6.45, 7) is 4.47. The highest BCUT2D eigenvalue weighted by Crippen LogP contribution is 2.15. The summed E-state index contributed by atoms with van der Waals surface area (Å²) in [5, 5.41) is 9.63. The number of hydrogen-bond acceptors (Lipinski definition) is 6. The second-order valence-corrected chi connectivity index (χ2v) is 17.0. The van der Waals surface area contributed by atoms with Gasteiger partial charge in [-0.1, -0.05) is 177 Å². The van der Waals surface area contributed by atoms with Crippen molar-refractivity contribution in [2.24, 2.45) is 0 Å². The van der Waals surface area contributed by atoms with E-state index in [0.29, 0.717) is 19.3 Å². The van der Waals surface area contributed by atoms with Crippen molar-refractivity contribution in [3.8, 4) is 0 Å². The van der Waals surface area contributed by atoms with Gasteiger partial charge in [-0.3, -0.25) is 9.59 Å². The van der Waals surface area contributed by atoms with E-state index >= 15 is 0 Å². The van der Waals surface area contributed by atoms with Gasteiger partial charge in [0.05, 0.1) is 34.4 Å². The molecule has 0 aliphatic heterocycles. The Hall–Kier alpha value is -3.23. The molecule has 2 atom stereocenters. The third-order valence-electron chi connectivity index (χ3n) is 10.4. The average Bonchev–Trinajstić information content (AvgIpc) is 3.21. The minimum atomic E-state index is -0.881. The molecule has 8 nitrogen and oxygen atoms in total. The summed E-state index contributed by atoms with van der Waals surface area (Å²) in [4.78, 5) is 37.0. The fourth-order valence-electron chi connectivity index (χ4n) is 6.75. The zero-order valence-electron chi connectivity index (χ0n) is 39.1. The van der Waals surface area contributed by atoms with Crippen LogP contribution in [0.25, 0.3) is 0 Å². The highest BCUT2D eigenvalue weighted by molar-refractivity contribution is 5.72. The topological polar surface area (TPSA) is 99.1 Å². The molecule has 0 amide bonds. The molecule has 344 valence electrons. The maximum absolute atomic E-state index is 12.7. The van der Waals surface area contributed by atoms with E-state index in [-0.39, 0.29) is 36.2 Å². The van der Waals surface area contributed by atoms with E-state index in [1.54, 1.807) is 0 Å². The molecule has 0 heterocycles. The molecule has 0 bridgehead atoms. The van der Waals surface area contributed by atoms with Crippen LogP contribution in [-0.4, -0.2) is 80.6 Å². The Morgan fingerprint density at radius 2 is 0.967 bits per heavy atom. The first-order valence-electron chi connectivity index (χ1n) is 24.0. The van der Waals surface area contributed by atoms with Gasteiger partial charge in [0, 0.05) is 19.3 Å². The van der Waals surface area contributed by atoms with Crippen LogP contribution in [0.3, 0.4) is 0 Å². The summed E-state index contributed by atoms with van der Waals surface area (Å²) in [6.07, 6.45) is 53.8. The summed E-state index contributed by atoms with van der Waals surface area (Å²) in [5.74, 6) is -1.50. The molecule has 0 radical (unpaired) electrons. The molecule has 0 aromatic rings. The zero-order valence-corrected chi connectivity index (χ0v) is 39.1. The Morgan fingerprint density at radius 1 is 0.517 bits per heavy atom. The number of rotatable bonds is 42.